The lowest BCUT2D eigenvalue weighted by Crippen LogP contribution is -2.33. The fourth-order valence-electron chi connectivity index (χ4n) is 3.99. The number of nitrogens with zero attached hydrogens (tertiary/aromatic N) is 3. The third-order valence-corrected chi connectivity index (χ3v) is 9.12. The van der Waals surface area contributed by atoms with Gasteiger partial charge in [-0.15, -0.1) is 0 Å². The van der Waals surface area contributed by atoms with Crippen LogP contribution >= 0.6 is 26.8 Å². The minimum Gasteiger partial charge on any atom is -0.486 e. The Labute approximate surface area is 193 Å². The van der Waals surface area contributed by atoms with E-state index in [1.165, 1.54) is 10.7 Å². The van der Waals surface area contributed by atoms with Crippen LogP contribution in [0.25, 0.3) is 5.65 Å². The third kappa shape index (κ3) is 5.76. The van der Waals surface area contributed by atoms with Gasteiger partial charge in [-0.25, -0.2) is 9.50 Å². The molecule has 2 fully saturated rings. The molecule has 2 aromatic heterocycles. The van der Waals surface area contributed by atoms with Crippen LogP contribution in [0, 0.1) is 0 Å². The Morgan fingerprint density at radius 2 is 1.88 bits per heavy atom. The van der Waals surface area contributed by atoms with Gasteiger partial charge in [0, 0.05) is 6.07 Å². The van der Waals surface area contributed by atoms with E-state index in [-0.39, 0.29) is 17.0 Å². The van der Waals surface area contributed by atoms with Gasteiger partial charge >= 0.3 is 15.2 Å². The highest BCUT2D eigenvalue weighted by Crippen LogP contribution is 2.55. The van der Waals surface area contributed by atoms with Gasteiger partial charge in [0.25, 0.3) is 0 Å². The van der Waals surface area contributed by atoms with Crippen molar-refractivity contribution >= 4 is 32.4 Å². The third-order valence-electron chi connectivity index (χ3n) is 5.48. The van der Waals surface area contributed by atoms with Crippen LogP contribution < -0.4 is 4.74 Å². The molecule has 2 aliphatic rings. The van der Waals surface area contributed by atoms with E-state index in [0.29, 0.717) is 11.4 Å². The molecule has 0 amide bonds. The van der Waals surface area contributed by atoms with Gasteiger partial charge < -0.3 is 38.9 Å². The molecule has 0 spiro atoms. The van der Waals surface area contributed by atoms with Gasteiger partial charge in [-0.2, -0.15) is 5.10 Å². The average Bonchev–Trinajstić information content (AvgIpc) is 3.40. The number of fused-ring (bicyclic) bond motifs is 1. The van der Waals surface area contributed by atoms with Crippen molar-refractivity contribution < 1.29 is 48.0 Å². The first-order valence-electron chi connectivity index (χ1n) is 10.2. The molecule has 4 rings (SSSR count). The normalized spacial score (nSPS) is 28.4. The fourth-order valence-corrected chi connectivity index (χ4v) is 6.73. The molecule has 1 unspecified atom stereocenters. The van der Waals surface area contributed by atoms with E-state index in [4.69, 9.17) is 35.4 Å². The first-order valence-corrected chi connectivity index (χ1v) is 14.1. The second-order valence-corrected chi connectivity index (χ2v) is 12.5. The van der Waals surface area contributed by atoms with Gasteiger partial charge in [0.05, 0.1) is 24.6 Å². The lowest BCUT2D eigenvalue weighted by Gasteiger charge is -2.18. The van der Waals surface area contributed by atoms with E-state index in [1.54, 1.807) is 6.07 Å². The van der Waals surface area contributed by atoms with Gasteiger partial charge in [-0.3, -0.25) is 9.13 Å². The molecule has 13 nitrogen and oxygen atoms in total. The number of halogens is 1. The minimum atomic E-state index is -4.81. The van der Waals surface area contributed by atoms with Crippen LogP contribution in [0.2, 0.25) is 5.15 Å². The molecule has 184 valence electrons. The van der Waals surface area contributed by atoms with Crippen molar-refractivity contribution in [1.82, 2.24) is 14.6 Å². The molecule has 0 bridgehead atoms. The zero-order chi connectivity index (χ0) is 24.0. The molecule has 0 radical (unpaired) electrons. The number of aliphatic hydroxyl groups is 2. The summed E-state index contributed by atoms with van der Waals surface area (Å²) >= 11 is 6.16. The summed E-state index contributed by atoms with van der Waals surface area (Å²) in [6.45, 7) is -0.691. The highest BCUT2D eigenvalue weighted by atomic mass is 35.5. The summed E-state index contributed by atoms with van der Waals surface area (Å²) in [5.41, 5.74) is 0.591. The van der Waals surface area contributed by atoms with Crippen molar-refractivity contribution in [3.8, 4) is 5.75 Å². The second-order valence-electron chi connectivity index (χ2n) is 8.09. The SMILES string of the molecule is O=P(O)(O)CP(=O)(O)OC[C@H]1O[C@@H](c2cnc3c(OC4CCCC4)cc(Cl)nn23)[C@H](O)[C@@H]1O. The number of imidazole rings is 1. The van der Waals surface area contributed by atoms with Crippen LogP contribution in [-0.2, 0) is 18.4 Å². The van der Waals surface area contributed by atoms with Crippen molar-refractivity contribution in [2.24, 2.45) is 0 Å². The summed E-state index contributed by atoms with van der Waals surface area (Å²) < 4.78 is 40.6. The van der Waals surface area contributed by atoms with Crippen LogP contribution in [-0.4, -0.2) is 76.4 Å². The number of hydrogen-bond donors (Lipinski definition) is 5. The van der Waals surface area contributed by atoms with Gasteiger partial charge in [0.1, 0.15) is 24.4 Å². The molecule has 3 heterocycles. The van der Waals surface area contributed by atoms with Crippen molar-refractivity contribution in [2.45, 2.75) is 56.2 Å². The van der Waals surface area contributed by atoms with E-state index in [2.05, 4.69) is 10.1 Å². The molecule has 1 aliphatic carbocycles. The van der Waals surface area contributed by atoms with Crippen molar-refractivity contribution in [1.29, 1.82) is 0 Å². The summed E-state index contributed by atoms with van der Waals surface area (Å²) in [7, 11) is -9.47. The Bertz CT molecular complexity index is 1100. The number of aromatic nitrogens is 3. The fraction of sp³-hybridized carbons (Fsp3) is 0.647. The molecular formula is C17H24ClN3O10P2. The monoisotopic (exact) mass is 527 g/mol. The number of ether oxygens (including phenoxy) is 2. The Kier molecular flexibility index (Phi) is 7.20. The summed E-state index contributed by atoms with van der Waals surface area (Å²) in [6, 6.07) is 1.54. The highest BCUT2D eigenvalue weighted by molar-refractivity contribution is 7.70. The summed E-state index contributed by atoms with van der Waals surface area (Å²) in [5.74, 6) is -0.964. The maximum atomic E-state index is 11.9. The maximum Gasteiger partial charge on any atom is 0.340 e. The van der Waals surface area contributed by atoms with Crippen molar-refractivity contribution in [3.05, 3.63) is 23.1 Å². The summed E-state index contributed by atoms with van der Waals surface area (Å²) in [5, 5.41) is 25.2. The van der Waals surface area contributed by atoms with Gasteiger partial charge in [0.15, 0.2) is 22.5 Å². The van der Waals surface area contributed by atoms with Crippen LogP contribution in [0.15, 0.2) is 12.3 Å². The number of rotatable bonds is 8. The minimum absolute atomic E-state index is 0.0337. The zero-order valence-electron chi connectivity index (χ0n) is 17.2. The van der Waals surface area contributed by atoms with Crippen LogP contribution in [0.4, 0.5) is 0 Å². The lowest BCUT2D eigenvalue weighted by atomic mass is 10.1. The van der Waals surface area contributed by atoms with E-state index in [0.717, 1.165) is 25.7 Å². The standard InChI is InChI=1S/C17H24ClN3O10P2/c18-13-5-11(30-9-3-1-2-4-9)17-19-6-10(21(17)20-13)16-15(23)14(22)12(31-16)7-29-33(27,28)8-32(24,25)26/h5-6,9,12,14-16,22-23H,1-4,7-8H2,(H,27,28)(H2,24,25,26)/t12-,14-,15-,16+/m1/s1. The first kappa shape index (κ1) is 25.0. The molecule has 5 N–H and O–H groups in total. The summed E-state index contributed by atoms with van der Waals surface area (Å²) in [6.07, 6.45) is -0.0304. The zero-order valence-corrected chi connectivity index (χ0v) is 19.7. The molecule has 1 saturated heterocycles. The lowest BCUT2D eigenvalue weighted by molar-refractivity contribution is -0.0204. The molecule has 1 aliphatic heterocycles. The Morgan fingerprint density at radius 3 is 2.55 bits per heavy atom. The van der Waals surface area contributed by atoms with Gasteiger partial charge in [0.2, 0.25) is 0 Å². The topological polar surface area (TPSA) is 193 Å². The maximum absolute atomic E-state index is 11.9. The Morgan fingerprint density at radius 1 is 1.18 bits per heavy atom. The average molecular weight is 528 g/mol. The van der Waals surface area contributed by atoms with Gasteiger partial charge in [-0.1, -0.05) is 11.6 Å². The van der Waals surface area contributed by atoms with Crippen LogP contribution in [0.1, 0.15) is 37.5 Å². The quantitative estimate of drug-likeness (QED) is 0.308. The first-order chi connectivity index (χ1) is 15.4. The van der Waals surface area contributed by atoms with E-state index < -0.39 is 52.1 Å². The van der Waals surface area contributed by atoms with E-state index in [9.17, 15) is 24.2 Å². The molecule has 5 atom stereocenters. The van der Waals surface area contributed by atoms with Crippen LogP contribution in [0.5, 0.6) is 5.75 Å². The van der Waals surface area contributed by atoms with E-state index in [1.807, 2.05) is 0 Å². The van der Waals surface area contributed by atoms with Crippen molar-refractivity contribution in [2.75, 3.05) is 12.5 Å². The predicted molar refractivity (Wildman–Crippen MR) is 113 cm³/mol. The van der Waals surface area contributed by atoms with E-state index >= 15 is 0 Å². The van der Waals surface area contributed by atoms with Gasteiger partial charge in [-0.05, 0) is 25.7 Å². The molecule has 1 saturated carbocycles. The number of aliphatic hydroxyl groups excluding tert-OH is 2. The molecule has 2 aromatic rings. The van der Waals surface area contributed by atoms with Crippen molar-refractivity contribution in [3.63, 3.8) is 0 Å². The Balaban J connectivity index is 1.53. The smallest absolute Gasteiger partial charge is 0.340 e. The molecular weight excluding hydrogens is 504 g/mol. The highest BCUT2D eigenvalue weighted by Gasteiger charge is 2.46. The Hall–Kier alpha value is -1.11. The molecule has 16 heteroatoms. The summed E-state index contributed by atoms with van der Waals surface area (Å²) in [4.78, 5) is 31.7. The molecule has 33 heavy (non-hydrogen) atoms. The number of hydrogen-bond acceptors (Lipinski definition) is 9. The molecule has 0 aromatic carbocycles. The van der Waals surface area contributed by atoms with Crippen LogP contribution in [0.3, 0.4) is 0 Å². The second kappa shape index (κ2) is 9.50. The largest absolute Gasteiger partial charge is 0.486 e. The predicted octanol–water partition coefficient (Wildman–Crippen LogP) is 1.20.